The van der Waals surface area contributed by atoms with Gasteiger partial charge in [0.25, 0.3) is 0 Å². The largest absolute Gasteiger partial charge is 0.387 e. The number of rotatable bonds is 2. The van der Waals surface area contributed by atoms with Crippen LogP contribution in [0.5, 0.6) is 0 Å². The number of hydrogen-bond donors (Lipinski definition) is 1. The third-order valence-corrected chi connectivity index (χ3v) is 3.22. The second-order valence-corrected chi connectivity index (χ2v) is 5.12. The molecule has 3 aromatic rings. The number of fused-ring (bicyclic) bond motifs is 1. The van der Waals surface area contributed by atoms with Gasteiger partial charge >= 0.3 is 0 Å². The van der Waals surface area contributed by atoms with Crippen molar-refractivity contribution in [1.82, 2.24) is 9.97 Å². The Kier molecular flexibility index (Phi) is 3.54. The average molecular weight is 297 g/mol. The summed E-state index contributed by atoms with van der Waals surface area (Å²) in [5, 5.41) is 0.701. The SMILES string of the molecule is CC(N)=Nc1ccc2nc(-c3ccc(Cl)cc3)cnc2c1. The topological polar surface area (TPSA) is 64.2 Å². The quantitative estimate of drug-likeness (QED) is 0.575. The number of nitrogens with zero attached hydrogens (tertiary/aromatic N) is 3. The van der Waals surface area contributed by atoms with E-state index in [9.17, 15) is 0 Å². The Morgan fingerprint density at radius 1 is 1.10 bits per heavy atom. The molecule has 0 fully saturated rings. The summed E-state index contributed by atoms with van der Waals surface area (Å²) in [5.74, 6) is 0.514. The molecule has 0 saturated heterocycles. The van der Waals surface area contributed by atoms with Crippen molar-refractivity contribution < 1.29 is 0 Å². The number of aliphatic imine (C=N–C) groups is 1. The lowest BCUT2D eigenvalue weighted by molar-refractivity contribution is 1.29. The molecule has 0 bridgehead atoms. The molecule has 1 aromatic heterocycles. The van der Waals surface area contributed by atoms with Gasteiger partial charge in [0.1, 0.15) is 0 Å². The monoisotopic (exact) mass is 296 g/mol. The summed E-state index contributed by atoms with van der Waals surface area (Å²) in [5.41, 5.74) is 9.75. The lowest BCUT2D eigenvalue weighted by atomic mass is 10.1. The zero-order valence-electron chi connectivity index (χ0n) is 11.4. The zero-order valence-corrected chi connectivity index (χ0v) is 12.2. The van der Waals surface area contributed by atoms with E-state index in [2.05, 4.69) is 15.0 Å². The first-order valence-electron chi connectivity index (χ1n) is 6.45. The predicted octanol–water partition coefficient (Wildman–Crippen LogP) is 3.96. The van der Waals surface area contributed by atoms with Crippen molar-refractivity contribution in [3.8, 4) is 11.3 Å². The standard InChI is InChI=1S/C16H13ClN4/c1-10(18)20-13-6-7-14-15(8-13)19-9-16(21-14)11-2-4-12(17)5-3-11/h2-9H,1H3,(H2,18,20). The number of amidine groups is 1. The molecule has 0 aliphatic carbocycles. The maximum Gasteiger partial charge on any atom is 0.0964 e. The Bertz CT molecular complexity index is 821. The van der Waals surface area contributed by atoms with Gasteiger partial charge < -0.3 is 5.73 Å². The number of benzene rings is 2. The lowest BCUT2D eigenvalue weighted by Crippen LogP contribution is -2.03. The number of hydrogen-bond acceptors (Lipinski definition) is 3. The van der Waals surface area contributed by atoms with Crippen molar-refractivity contribution in [2.45, 2.75) is 6.92 Å². The number of nitrogens with two attached hydrogens (primary N) is 1. The molecule has 5 heteroatoms. The highest BCUT2D eigenvalue weighted by atomic mass is 35.5. The van der Waals surface area contributed by atoms with Crippen LogP contribution in [0.1, 0.15) is 6.92 Å². The molecular formula is C16H13ClN4. The number of halogens is 1. The van der Waals surface area contributed by atoms with Gasteiger partial charge in [0.15, 0.2) is 0 Å². The van der Waals surface area contributed by atoms with E-state index in [1.165, 1.54) is 0 Å². The molecule has 0 aliphatic heterocycles. The van der Waals surface area contributed by atoms with Crippen LogP contribution in [-0.4, -0.2) is 15.8 Å². The van der Waals surface area contributed by atoms with Gasteiger partial charge in [-0.25, -0.2) is 9.98 Å². The number of aromatic nitrogens is 2. The summed E-state index contributed by atoms with van der Waals surface area (Å²) in [6.07, 6.45) is 1.74. The molecule has 0 saturated carbocycles. The van der Waals surface area contributed by atoms with Gasteiger partial charge in [0, 0.05) is 10.6 Å². The van der Waals surface area contributed by atoms with Crippen molar-refractivity contribution in [1.29, 1.82) is 0 Å². The highest BCUT2D eigenvalue weighted by molar-refractivity contribution is 6.30. The Morgan fingerprint density at radius 2 is 1.86 bits per heavy atom. The van der Waals surface area contributed by atoms with Crippen LogP contribution in [0.2, 0.25) is 5.02 Å². The van der Waals surface area contributed by atoms with E-state index in [-0.39, 0.29) is 0 Å². The van der Waals surface area contributed by atoms with Crippen molar-refractivity contribution in [2.75, 3.05) is 0 Å². The molecule has 2 N–H and O–H groups in total. The van der Waals surface area contributed by atoms with E-state index in [1.807, 2.05) is 42.5 Å². The Balaban J connectivity index is 2.05. The normalized spacial score (nSPS) is 11.8. The summed E-state index contributed by atoms with van der Waals surface area (Å²) in [6, 6.07) is 13.2. The van der Waals surface area contributed by atoms with Crippen molar-refractivity contribution in [2.24, 2.45) is 10.7 Å². The fourth-order valence-corrected chi connectivity index (χ4v) is 2.16. The van der Waals surface area contributed by atoms with Crippen LogP contribution in [0, 0.1) is 0 Å². The van der Waals surface area contributed by atoms with Crippen LogP contribution in [-0.2, 0) is 0 Å². The van der Waals surface area contributed by atoms with E-state index in [0.29, 0.717) is 10.9 Å². The van der Waals surface area contributed by atoms with E-state index in [4.69, 9.17) is 17.3 Å². The minimum absolute atomic E-state index is 0.514. The van der Waals surface area contributed by atoms with Crippen LogP contribution in [0.15, 0.2) is 53.7 Å². The van der Waals surface area contributed by atoms with Crippen molar-refractivity contribution in [3.63, 3.8) is 0 Å². The van der Waals surface area contributed by atoms with Gasteiger partial charge in [0.05, 0.1) is 34.4 Å². The molecule has 0 atom stereocenters. The highest BCUT2D eigenvalue weighted by Crippen LogP contribution is 2.23. The van der Waals surface area contributed by atoms with Gasteiger partial charge in [-0.2, -0.15) is 0 Å². The minimum Gasteiger partial charge on any atom is -0.387 e. The van der Waals surface area contributed by atoms with E-state index in [0.717, 1.165) is 28.0 Å². The molecule has 1 heterocycles. The maximum absolute atomic E-state index is 5.89. The lowest BCUT2D eigenvalue weighted by Gasteiger charge is -2.04. The predicted molar refractivity (Wildman–Crippen MR) is 86.9 cm³/mol. The van der Waals surface area contributed by atoms with Crippen LogP contribution < -0.4 is 5.73 Å². The summed E-state index contributed by atoms with van der Waals surface area (Å²) >= 11 is 5.89. The van der Waals surface area contributed by atoms with E-state index in [1.54, 1.807) is 13.1 Å². The van der Waals surface area contributed by atoms with Crippen molar-refractivity contribution >= 4 is 34.2 Å². The van der Waals surface area contributed by atoms with E-state index < -0.39 is 0 Å². The fraction of sp³-hybridized carbons (Fsp3) is 0.0625. The molecule has 0 unspecified atom stereocenters. The van der Waals surface area contributed by atoms with Crippen LogP contribution in [0.25, 0.3) is 22.3 Å². The molecule has 4 nitrogen and oxygen atoms in total. The van der Waals surface area contributed by atoms with Gasteiger partial charge in [-0.15, -0.1) is 0 Å². The third-order valence-electron chi connectivity index (χ3n) is 2.97. The van der Waals surface area contributed by atoms with Gasteiger partial charge in [-0.1, -0.05) is 23.7 Å². The molecular weight excluding hydrogens is 284 g/mol. The van der Waals surface area contributed by atoms with Crippen molar-refractivity contribution in [3.05, 3.63) is 53.7 Å². The first-order valence-corrected chi connectivity index (χ1v) is 6.83. The second kappa shape index (κ2) is 5.50. The van der Waals surface area contributed by atoms with Gasteiger partial charge in [-0.05, 0) is 37.3 Å². The summed E-state index contributed by atoms with van der Waals surface area (Å²) < 4.78 is 0. The summed E-state index contributed by atoms with van der Waals surface area (Å²) in [7, 11) is 0. The molecule has 0 radical (unpaired) electrons. The van der Waals surface area contributed by atoms with Crippen LogP contribution >= 0.6 is 11.6 Å². The smallest absolute Gasteiger partial charge is 0.0964 e. The van der Waals surface area contributed by atoms with Crippen LogP contribution in [0.3, 0.4) is 0 Å². The minimum atomic E-state index is 0.514. The third kappa shape index (κ3) is 3.01. The maximum atomic E-state index is 5.89. The van der Waals surface area contributed by atoms with E-state index >= 15 is 0 Å². The molecule has 104 valence electrons. The Morgan fingerprint density at radius 3 is 2.57 bits per heavy atom. The zero-order chi connectivity index (χ0) is 14.8. The van der Waals surface area contributed by atoms with Gasteiger partial charge in [-0.3, -0.25) is 4.98 Å². The first-order chi connectivity index (χ1) is 10.1. The van der Waals surface area contributed by atoms with Crippen LogP contribution in [0.4, 0.5) is 5.69 Å². The Hall–Kier alpha value is -2.46. The molecule has 0 spiro atoms. The summed E-state index contributed by atoms with van der Waals surface area (Å²) in [4.78, 5) is 13.3. The molecule has 21 heavy (non-hydrogen) atoms. The fourth-order valence-electron chi connectivity index (χ4n) is 2.03. The molecule has 2 aromatic carbocycles. The summed E-state index contributed by atoms with van der Waals surface area (Å²) in [6.45, 7) is 1.75. The molecule has 3 rings (SSSR count). The molecule has 0 aliphatic rings. The first kappa shape index (κ1) is 13.5. The highest BCUT2D eigenvalue weighted by Gasteiger charge is 2.04. The average Bonchev–Trinajstić information content (AvgIpc) is 2.47. The molecule has 0 amide bonds. The Labute approximate surface area is 127 Å². The van der Waals surface area contributed by atoms with Gasteiger partial charge in [0.2, 0.25) is 0 Å². The second-order valence-electron chi connectivity index (χ2n) is 4.69.